The van der Waals surface area contributed by atoms with Crippen molar-refractivity contribution in [1.29, 1.82) is 0 Å². The molecule has 0 bridgehead atoms. The molecule has 1 saturated heterocycles. The molecule has 2 atom stereocenters. The van der Waals surface area contributed by atoms with Crippen molar-refractivity contribution in [2.24, 2.45) is 0 Å². The number of rotatable bonds is 5. The SMILES string of the molecule is CCC(CC)N1C(=O)CC(NC2CC=CCC2)C1=O. The molecule has 4 heteroatoms. The van der Waals surface area contributed by atoms with Crippen LogP contribution in [-0.4, -0.2) is 34.8 Å². The molecule has 0 aromatic carbocycles. The topological polar surface area (TPSA) is 49.4 Å². The van der Waals surface area contributed by atoms with E-state index in [1.807, 2.05) is 13.8 Å². The second kappa shape index (κ2) is 6.33. The second-order valence-electron chi connectivity index (χ2n) is 5.48. The number of hydrogen-bond donors (Lipinski definition) is 1. The predicted molar refractivity (Wildman–Crippen MR) is 74.5 cm³/mol. The van der Waals surface area contributed by atoms with Crippen LogP contribution in [0.15, 0.2) is 12.2 Å². The fourth-order valence-corrected chi connectivity index (χ4v) is 3.05. The van der Waals surface area contributed by atoms with Gasteiger partial charge < -0.3 is 5.32 Å². The molecule has 1 heterocycles. The quantitative estimate of drug-likeness (QED) is 0.610. The summed E-state index contributed by atoms with van der Waals surface area (Å²) in [4.78, 5) is 25.9. The molecule has 1 aliphatic carbocycles. The van der Waals surface area contributed by atoms with Crippen molar-refractivity contribution in [3.63, 3.8) is 0 Å². The molecule has 2 amide bonds. The van der Waals surface area contributed by atoms with Crippen LogP contribution in [0.25, 0.3) is 0 Å². The Kier molecular flexibility index (Phi) is 4.75. The van der Waals surface area contributed by atoms with Crippen LogP contribution in [0.2, 0.25) is 0 Å². The van der Waals surface area contributed by atoms with Gasteiger partial charge in [-0.3, -0.25) is 14.5 Å². The average molecular weight is 264 g/mol. The third-order valence-corrected chi connectivity index (χ3v) is 4.20. The first-order chi connectivity index (χ1) is 9.17. The molecule has 1 N–H and O–H groups in total. The highest BCUT2D eigenvalue weighted by atomic mass is 16.2. The molecule has 2 aliphatic rings. The summed E-state index contributed by atoms with van der Waals surface area (Å²) in [5.41, 5.74) is 0. The third-order valence-electron chi connectivity index (χ3n) is 4.20. The molecule has 106 valence electrons. The zero-order chi connectivity index (χ0) is 13.8. The summed E-state index contributed by atoms with van der Waals surface area (Å²) in [6.07, 6.45) is 9.41. The molecule has 2 unspecified atom stereocenters. The summed E-state index contributed by atoms with van der Waals surface area (Å²) in [5.74, 6) is -0.0317. The summed E-state index contributed by atoms with van der Waals surface area (Å²) in [6, 6.07) is 0.107. The van der Waals surface area contributed by atoms with Gasteiger partial charge >= 0.3 is 0 Å². The molecule has 4 nitrogen and oxygen atoms in total. The summed E-state index contributed by atoms with van der Waals surface area (Å²) >= 11 is 0. The highest BCUT2D eigenvalue weighted by Crippen LogP contribution is 2.22. The number of allylic oxidation sites excluding steroid dienone is 1. The van der Waals surface area contributed by atoms with Crippen molar-refractivity contribution in [2.75, 3.05) is 0 Å². The molecule has 0 spiro atoms. The Morgan fingerprint density at radius 2 is 2.05 bits per heavy atom. The summed E-state index contributed by atoms with van der Waals surface area (Å²) in [5, 5.41) is 3.37. The van der Waals surface area contributed by atoms with Gasteiger partial charge in [-0.25, -0.2) is 0 Å². The van der Waals surface area contributed by atoms with Gasteiger partial charge in [-0.15, -0.1) is 0 Å². The van der Waals surface area contributed by atoms with Crippen LogP contribution in [0, 0.1) is 0 Å². The Bertz CT molecular complexity index is 374. The van der Waals surface area contributed by atoms with Crippen LogP contribution in [0.5, 0.6) is 0 Å². The standard InChI is InChI=1S/C15H24N2O2/c1-3-12(4-2)17-14(18)10-13(15(17)19)16-11-8-6-5-7-9-11/h5-6,11-13,16H,3-4,7-10H2,1-2H3. The van der Waals surface area contributed by atoms with E-state index in [1.165, 1.54) is 4.90 Å². The van der Waals surface area contributed by atoms with E-state index in [2.05, 4.69) is 17.5 Å². The van der Waals surface area contributed by atoms with Crippen LogP contribution in [0.3, 0.4) is 0 Å². The zero-order valence-corrected chi connectivity index (χ0v) is 11.9. The van der Waals surface area contributed by atoms with Gasteiger partial charge in [0.1, 0.15) is 0 Å². The molecule has 19 heavy (non-hydrogen) atoms. The number of carbonyl (C=O) groups is 2. The molecule has 0 saturated carbocycles. The fourth-order valence-electron chi connectivity index (χ4n) is 3.05. The van der Waals surface area contributed by atoms with Crippen molar-refractivity contribution < 1.29 is 9.59 Å². The maximum atomic E-state index is 12.4. The molecule has 1 fully saturated rings. The van der Waals surface area contributed by atoms with Crippen molar-refractivity contribution in [1.82, 2.24) is 10.2 Å². The number of amides is 2. The summed E-state index contributed by atoms with van der Waals surface area (Å²) in [6.45, 7) is 4.06. The first-order valence-corrected chi connectivity index (χ1v) is 7.44. The monoisotopic (exact) mass is 264 g/mol. The second-order valence-corrected chi connectivity index (χ2v) is 5.48. The lowest BCUT2D eigenvalue weighted by atomic mass is 10.0. The van der Waals surface area contributed by atoms with Crippen molar-refractivity contribution in [3.05, 3.63) is 12.2 Å². The highest BCUT2D eigenvalue weighted by Gasteiger charge is 2.41. The Hall–Kier alpha value is -1.16. The number of hydrogen-bond acceptors (Lipinski definition) is 3. The number of likely N-dealkylation sites (tertiary alicyclic amines) is 1. The molecule has 0 aromatic heterocycles. The van der Waals surface area contributed by atoms with Gasteiger partial charge in [0, 0.05) is 12.1 Å². The smallest absolute Gasteiger partial charge is 0.247 e. The summed E-state index contributed by atoms with van der Waals surface area (Å²) < 4.78 is 0. The lowest BCUT2D eigenvalue weighted by molar-refractivity contribution is -0.141. The van der Waals surface area contributed by atoms with E-state index < -0.39 is 0 Å². The van der Waals surface area contributed by atoms with Gasteiger partial charge in [0.25, 0.3) is 0 Å². The predicted octanol–water partition coefficient (Wildman–Crippen LogP) is 2.00. The average Bonchev–Trinajstić information content (AvgIpc) is 2.69. The van der Waals surface area contributed by atoms with Gasteiger partial charge in [-0.2, -0.15) is 0 Å². The van der Waals surface area contributed by atoms with Crippen LogP contribution in [-0.2, 0) is 9.59 Å². The van der Waals surface area contributed by atoms with E-state index in [0.717, 1.165) is 32.1 Å². The van der Waals surface area contributed by atoms with Crippen LogP contribution in [0.1, 0.15) is 52.4 Å². The van der Waals surface area contributed by atoms with E-state index >= 15 is 0 Å². The first-order valence-electron chi connectivity index (χ1n) is 7.44. The molecule has 0 aromatic rings. The van der Waals surface area contributed by atoms with Crippen molar-refractivity contribution >= 4 is 11.8 Å². The Balaban J connectivity index is 1.99. The molecular weight excluding hydrogens is 240 g/mol. The van der Waals surface area contributed by atoms with E-state index in [0.29, 0.717) is 12.5 Å². The minimum atomic E-state index is -0.301. The van der Waals surface area contributed by atoms with Crippen LogP contribution in [0.4, 0.5) is 0 Å². The zero-order valence-electron chi connectivity index (χ0n) is 11.9. The Labute approximate surface area is 115 Å². The molecule has 0 radical (unpaired) electrons. The molecule has 2 rings (SSSR count). The van der Waals surface area contributed by atoms with E-state index in [1.54, 1.807) is 0 Å². The van der Waals surface area contributed by atoms with Crippen molar-refractivity contribution in [2.45, 2.75) is 70.5 Å². The minimum absolute atomic E-state index is 0.0115. The summed E-state index contributed by atoms with van der Waals surface area (Å²) in [7, 11) is 0. The van der Waals surface area contributed by atoms with Crippen molar-refractivity contribution in [3.8, 4) is 0 Å². The minimum Gasteiger partial charge on any atom is -0.302 e. The molecular formula is C15H24N2O2. The van der Waals surface area contributed by atoms with Crippen LogP contribution >= 0.6 is 0 Å². The third kappa shape index (κ3) is 3.06. The maximum absolute atomic E-state index is 12.4. The van der Waals surface area contributed by atoms with Gasteiger partial charge in [-0.05, 0) is 32.1 Å². The number of imide groups is 1. The normalized spacial score (nSPS) is 27.6. The fraction of sp³-hybridized carbons (Fsp3) is 0.733. The Morgan fingerprint density at radius 3 is 2.63 bits per heavy atom. The number of carbonyl (C=O) groups excluding carboxylic acids is 2. The number of nitrogens with zero attached hydrogens (tertiary/aromatic N) is 1. The first kappa shape index (κ1) is 14.3. The maximum Gasteiger partial charge on any atom is 0.247 e. The lowest BCUT2D eigenvalue weighted by Gasteiger charge is -2.26. The van der Waals surface area contributed by atoms with Gasteiger partial charge in [0.05, 0.1) is 12.5 Å². The largest absolute Gasteiger partial charge is 0.302 e. The molecule has 1 aliphatic heterocycles. The Morgan fingerprint density at radius 1 is 1.32 bits per heavy atom. The van der Waals surface area contributed by atoms with Gasteiger partial charge in [0.15, 0.2) is 0 Å². The van der Waals surface area contributed by atoms with Gasteiger partial charge in [-0.1, -0.05) is 26.0 Å². The lowest BCUT2D eigenvalue weighted by Crippen LogP contribution is -2.46. The van der Waals surface area contributed by atoms with Gasteiger partial charge in [0.2, 0.25) is 11.8 Å². The van der Waals surface area contributed by atoms with E-state index in [9.17, 15) is 9.59 Å². The highest BCUT2D eigenvalue weighted by molar-refractivity contribution is 6.05. The number of nitrogens with one attached hydrogen (secondary N) is 1. The van der Waals surface area contributed by atoms with E-state index in [4.69, 9.17) is 0 Å². The van der Waals surface area contributed by atoms with Crippen LogP contribution < -0.4 is 5.32 Å². The van der Waals surface area contributed by atoms with E-state index in [-0.39, 0.29) is 23.9 Å².